The Balaban J connectivity index is 2.65. The highest BCUT2D eigenvalue weighted by Gasteiger charge is 2.10. The molecule has 0 radical (unpaired) electrons. The Labute approximate surface area is 113 Å². The summed E-state index contributed by atoms with van der Waals surface area (Å²) in [7, 11) is 1.77. The lowest BCUT2D eigenvalue weighted by Crippen LogP contribution is -2.11. The van der Waals surface area contributed by atoms with Crippen LogP contribution >= 0.6 is 15.9 Å². The maximum atomic E-state index is 11.9. The second-order valence-corrected chi connectivity index (χ2v) is 4.36. The fraction of sp³-hybridized carbons (Fsp3) is 0.636. The van der Waals surface area contributed by atoms with E-state index in [1.54, 1.807) is 7.05 Å². The highest BCUT2D eigenvalue weighted by atomic mass is 79.9. The van der Waals surface area contributed by atoms with E-state index in [-0.39, 0.29) is 6.61 Å². The molecule has 18 heavy (non-hydrogen) atoms. The summed E-state index contributed by atoms with van der Waals surface area (Å²) >= 11 is 3.42. The van der Waals surface area contributed by atoms with Gasteiger partial charge in [-0.2, -0.15) is 0 Å². The maximum absolute atomic E-state index is 11.9. The van der Waals surface area contributed by atoms with E-state index in [1.807, 2.05) is 6.92 Å². The summed E-state index contributed by atoms with van der Waals surface area (Å²) in [6, 6.07) is 0. The van der Waals surface area contributed by atoms with Gasteiger partial charge in [0, 0.05) is 13.5 Å². The van der Waals surface area contributed by atoms with Crippen molar-refractivity contribution in [3.05, 3.63) is 16.0 Å². The Bertz CT molecular complexity index is 366. The molecule has 0 bridgehead atoms. The number of hydrogen-bond acceptors (Lipinski definition) is 4. The highest BCUT2D eigenvalue weighted by molar-refractivity contribution is 9.10. The molecule has 0 amide bonds. The molecule has 0 spiro atoms. The van der Waals surface area contributed by atoms with Crippen LogP contribution in [0.5, 0.6) is 0 Å². The van der Waals surface area contributed by atoms with Crippen molar-refractivity contribution >= 4 is 21.7 Å². The third-order valence-corrected chi connectivity index (χ3v) is 3.08. The van der Waals surface area contributed by atoms with Gasteiger partial charge in [-0.3, -0.25) is 0 Å². The van der Waals surface area contributed by atoms with E-state index in [9.17, 15) is 8.78 Å². The van der Waals surface area contributed by atoms with Crippen LogP contribution in [0.1, 0.15) is 18.4 Å². The molecular formula is C11H16BrF2N3O. The first-order valence-corrected chi connectivity index (χ1v) is 6.46. The van der Waals surface area contributed by atoms with Gasteiger partial charge in [-0.15, -0.1) is 0 Å². The van der Waals surface area contributed by atoms with Crippen LogP contribution in [0.15, 0.2) is 4.47 Å². The van der Waals surface area contributed by atoms with Gasteiger partial charge in [0.1, 0.15) is 18.2 Å². The van der Waals surface area contributed by atoms with Gasteiger partial charge in [0.05, 0.1) is 16.8 Å². The first-order valence-electron chi connectivity index (χ1n) is 5.67. The van der Waals surface area contributed by atoms with E-state index in [4.69, 9.17) is 4.74 Å². The van der Waals surface area contributed by atoms with E-state index < -0.39 is 13.0 Å². The second kappa shape index (κ2) is 7.58. The first-order chi connectivity index (χ1) is 8.58. The van der Waals surface area contributed by atoms with Crippen LogP contribution in [0.4, 0.5) is 14.6 Å². The molecule has 1 aromatic heterocycles. The molecule has 0 aliphatic heterocycles. The summed E-state index contributed by atoms with van der Waals surface area (Å²) in [5.41, 5.74) is 0.887. The Hall–Kier alpha value is -0.820. The van der Waals surface area contributed by atoms with Crippen LogP contribution in [0.2, 0.25) is 0 Å². The molecule has 1 N–H and O–H groups in total. The number of hydrogen-bond donors (Lipinski definition) is 1. The molecule has 1 heterocycles. The number of aryl methyl sites for hydroxylation is 1. The maximum Gasteiger partial charge on any atom is 0.261 e. The van der Waals surface area contributed by atoms with Gasteiger partial charge in [-0.25, -0.2) is 18.7 Å². The number of nitrogens with zero attached hydrogens (tertiary/aromatic N) is 2. The van der Waals surface area contributed by atoms with Gasteiger partial charge in [-0.1, -0.05) is 6.92 Å². The van der Waals surface area contributed by atoms with Crippen LogP contribution in [-0.2, 0) is 17.6 Å². The minimum atomic E-state index is -2.44. The first kappa shape index (κ1) is 15.2. The lowest BCUT2D eigenvalue weighted by atomic mass is 10.3. The number of halogens is 3. The number of ether oxygens (including phenoxy) is 1. The molecule has 1 rings (SSSR count). The summed E-state index contributed by atoms with van der Waals surface area (Å²) in [6.07, 6.45) is -1.25. The number of anilines is 1. The molecule has 0 aliphatic carbocycles. The zero-order valence-corrected chi connectivity index (χ0v) is 11.9. The van der Waals surface area contributed by atoms with Crippen molar-refractivity contribution in [2.75, 3.05) is 25.6 Å². The van der Waals surface area contributed by atoms with Crippen LogP contribution in [0.3, 0.4) is 0 Å². The largest absolute Gasteiger partial charge is 0.375 e. The molecule has 0 saturated carbocycles. The predicted molar refractivity (Wildman–Crippen MR) is 69.2 cm³/mol. The van der Waals surface area contributed by atoms with Crippen molar-refractivity contribution < 1.29 is 13.5 Å². The van der Waals surface area contributed by atoms with Crippen molar-refractivity contribution in [3.63, 3.8) is 0 Å². The Morgan fingerprint density at radius 3 is 2.67 bits per heavy atom. The summed E-state index contributed by atoms with van der Waals surface area (Å²) in [6.45, 7) is 1.64. The SMILES string of the molecule is CCc1nc(CCOCC(F)F)nc(NC)c1Br. The summed E-state index contributed by atoms with van der Waals surface area (Å²) in [5, 5.41) is 2.96. The average molecular weight is 324 g/mol. The van der Waals surface area contributed by atoms with Gasteiger partial charge >= 0.3 is 0 Å². The number of nitrogens with one attached hydrogen (secondary N) is 1. The van der Waals surface area contributed by atoms with Crippen molar-refractivity contribution in [1.29, 1.82) is 0 Å². The Morgan fingerprint density at radius 1 is 1.39 bits per heavy atom. The number of alkyl halides is 2. The number of aromatic nitrogens is 2. The monoisotopic (exact) mass is 323 g/mol. The van der Waals surface area contributed by atoms with E-state index in [1.165, 1.54) is 0 Å². The second-order valence-electron chi connectivity index (χ2n) is 3.57. The summed E-state index contributed by atoms with van der Waals surface area (Å²) in [5.74, 6) is 1.29. The third-order valence-electron chi connectivity index (χ3n) is 2.25. The lowest BCUT2D eigenvalue weighted by molar-refractivity contribution is 0.0183. The minimum Gasteiger partial charge on any atom is -0.375 e. The lowest BCUT2D eigenvalue weighted by Gasteiger charge is -2.10. The standard InChI is InChI=1S/C11H16BrF2N3O/c1-3-7-10(12)11(15-2)17-9(16-7)4-5-18-6-8(13)14/h8H,3-6H2,1-2H3,(H,15,16,17). The smallest absolute Gasteiger partial charge is 0.261 e. The zero-order chi connectivity index (χ0) is 13.5. The van der Waals surface area contributed by atoms with Gasteiger partial charge < -0.3 is 10.1 Å². The van der Waals surface area contributed by atoms with Crippen LogP contribution in [-0.4, -0.2) is 36.7 Å². The number of rotatable bonds is 7. The molecule has 0 aromatic carbocycles. The molecule has 0 aliphatic rings. The van der Waals surface area contributed by atoms with E-state index in [0.29, 0.717) is 18.1 Å². The molecular weight excluding hydrogens is 308 g/mol. The van der Waals surface area contributed by atoms with Crippen LogP contribution in [0.25, 0.3) is 0 Å². The predicted octanol–water partition coefficient (Wildman–Crippen LogP) is 2.67. The molecule has 0 saturated heterocycles. The topological polar surface area (TPSA) is 47.0 Å². The van der Waals surface area contributed by atoms with Crippen LogP contribution < -0.4 is 5.32 Å². The molecule has 0 unspecified atom stereocenters. The molecule has 102 valence electrons. The molecule has 1 aromatic rings. The van der Waals surface area contributed by atoms with Gasteiger partial charge in [0.2, 0.25) is 0 Å². The molecule has 7 heteroatoms. The van der Waals surface area contributed by atoms with E-state index >= 15 is 0 Å². The Kier molecular flexibility index (Phi) is 6.42. The summed E-state index contributed by atoms with van der Waals surface area (Å²) in [4.78, 5) is 8.63. The van der Waals surface area contributed by atoms with Gasteiger partial charge in [0.15, 0.2) is 0 Å². The van der Waals surface area contributed by atoms with Gasteiger partial charge in [-0.05, 0) is 22.4 Å². The molecule has 0 fully saturated rings. The minimum absolute atomic E-state index is 0.193. The quantitative estimate of drug-likeness (QED) is 0.784. The summed E-state index contributed by atoms with van der Waals surface area (Å²) < 4.78 is 29.4. The van der Waals surface area contributed by atoms with Crippen molar-refractivity contribution in [2.24, 2.45) is 0 Å². The van der Waals surface area contributed by atoms with E-state index in [2.05, 4.69) is 31.2 Å². The third kappa shape index (κ3) is 4.45. The zero-order valence-electron chi connectivity index (χ0n) is 10.3. The van der Waals surface area contributed by atoms with Gasteiger partial charge in [0.25, 0.3) is 6.43 Å². The average Bonchev–Trinajstić information content (AvgIpc) is 2.35. The Morgan fingerprint density at radius 2 is 2.11 bits per heavy atom. The van der Waals surface area contributed by atoms with Crippen LogP contribution in [0, 0.1) is 0 Å². The van der Waals surface area contributed by atoms with Crippen molar-refractivity contribution in [3.8, 4) is 0 Å². The molecule has 4 nitrogen and oxygen atoms in total. The fourth-order valence-electron chi connectivity index (χ4n) is 1.39. The highest BCUT2D eigenvalue weighted by Crippen LogP contribution is 2.23. The van der Waals surface area contributed by atoms with Crippen molar-refractivity contribution in [1.82, 2.24) is 9.97 Å². The molecule has 0 atom stereocenters. The van der Waals surface area contributed by atoms with Crippen molar-refractivity contribution in [2.45, 2.75) is 26.2 Å². The van der Waals surface area contributed by atoms with E-state index in [0.717, 1.165) is 16.6 Å². The fourth-order valence-corrected chi connectivity index (χ4v) is 2.05. The normalized spacial score (nSPS) is 11.0.